The molecule has 0 amide bonds. The zero-order valence-corrected chi connectivity index (χ0v) is 16.7. The normalized spacial score (nSPS) is 11.3. The number of fused-ring (bicyclic) bond motifs is 3. The summed E-state index contributed by atoms with van der Waals surface area (Å²) in [5, 5.41) is 3.33. The van der Waals surface area contributed by atoms with Crippen LogP contribution in [0.15, 0.2) is 79.0 Å². The molecule has 0 N–H and O–H groups in total. The number of benzene rings is 4. The van der Waals surface area contributed by atoms with Gasteiger partial charge in [-0.2, -0.15) is 0 Å². The Labute approximate surface area is 173 Å². The number of pyridine rings is 1. The van der Waals surface area contributed by atoms with Gasteiger partial charge in [0.15, 0.2) is 0 Å². The van der Waals surface area contributed by atoms with E-state index in [1.807, 2.05) is 24.3 Å². The van der Waals surface area contributed by atoms with Crippen LogP contribution in [0.4, 0.5) is 8.78 Å². The maximum Gasteiger partial charge on any atom is 0.138 e. The Hall–Kier alpha value is -3.59. The minimum absolute atomic E-state index is 0.300. The Morgan fingerprint density at radius 2 is 1.23 bits per heavy atom. The summed E-state index contributed by atoms with van der Waals surface area (Å²) in [5.74, 6) is -0.636. The minimum Gasteiger partial charge on any atom is -0.256 e. The highest BCUT2D eigenvalue weighted by atomic mass is 19.1. The van der Waals surface area contributed by atoms with Crippen molar-refractivity contribution in [3.05, 3.63) is 102 Å². The third-order valence-corrected chi connectivity index (χ3v) is 5.53. The van der Waals surface area contributed by atoms with Crippen molar-refractivity contribution in [1.29, 1.82) is 0 Å². The molecule has 0 aliphatic carbocycles. The third kappa shape index (κ3) is 3.03. The van der Waals surface area contributed by atoms with Gasteiger partial charge in [-0.3, -0.25) is 4.98 Å². The van der Waals surface area contributed by atoms with Crippen molar-refractivity contribution < 1.29 is 8.78 Å². The van der Waals surface area contributed by atoms with Gasteiger partial charge in [-0.25, -0.2) is 8.78 Å². The highest BCUT2D eigenvalue weighted by Crippen LogP contribution is 2.36. The number of hydrogen-bond donors (Lipinski definition) is 0. The third-order valence-electron chi connectivity index (χ3n) is 5.53. The van der Waals surface area contributed by atoms with Gasteiger partial charge in [0.25, 0.3) is 0 Å². The Morgan fingerprint density at radius 1 is 0.600 bits per heavy atom. The first-order valence-corrected chi connectivity index (χ1v) is 9.86. The molecule has 0 fully saturated rings. The Morgan fingerprint density at radius 3 is 1.97 bits per heavy atom. The van der Waals surface area contributed by atoms with E-state index in [2.05, 4.69) is 37.0 Å². The lowest BCUT2D eigenvalue weighted by Crippen LogP contribution is -1.91. The Kier molecular flexibility index (Phi) is 4.32. The van der Waals surface area contributed by atoms with Crippen molar-refractivity contribution in [1.82, 2.24) is 4.98 Å². The van der Waals surface area contributed by atoms with Crippen LogP contribution in [0.5, 0.6) is 0 Å². The lowest BCUT2D eigenvalue weighted by atomic mass is 9.94. The maximum absolute atomic E-state index is 15.4. The van der Waals surface area contributed by atoms with Gasteiger partial charge in [-0.05, 0) is 60.5 Å². The second-order valence-corrected chi connectivity index (χ2v) is 7.73. The first-order valence-electron chi connectivity index (χ1n) is 9.86. The summed E-state index contributed by atoms with van der Waals surface area (Å²) in [4.78, 5) is 4.63. The SMILES string of the molecule is Cc1cc(C)cc(-c2nccc3c2ccc2c(F)c(-c4ccc(F)cc4)ccc23)c1. The summed E-state index contributed by atoms with van der Waals surface area (Å²) in [5.41, 5.74) is 5.43. The molecule has 4 aromatic carbocycles. The number of aryl methyl sites for hydroxylation is 2. The molecule has 30 heavy (non-hydrogen) atoms. The minimum atomic E-state index is -0.336. The van der Waals surface area contributed by atoms with Gasteiger partial charge in [0, 0.05) is 28.1 Å². The molecule has 0 spiro atoms. The van der Waals surface area contributed by atoms with Gasteiger partial charge in [-0.15, -0.1) is 0 Å². The van der Waals surface area contributed by atoms with Crippen LogP contribution in [0.1, 0.15) is 11.1 Å². The summed E-state index contributed by atoms with van der Waals surface area (Å²) in [6, 6.07) is 21.7. The van der Waals surface area contributed by atoms with E-state index in [0.29, 0.717) is 16.5 Å². The molecule has 0 atom stereocenters. The second-order valence-electron chi connectivity index (χ2n) is 7.73. The zero-order valence-electron chi connectivity index (χ0n) is 16.7. The van der Waals surface area contributed by atoms with Crippen molar-refractivity contribution in [3.8, 4) is 22.4 Å². The average molecular weight is 395 g/mol. The number of aromatic nitrogens is 1. The van der Waals surface area contributed by atoms with Crippen LogP contribution < -0.4 is 0 Å². The molecule has 0 radical (unpaired) electrons. The van der Waals surface area contributed by atoms with Crippen molar-refractivity contribution in [2.75, 3.05) is 0 Å². The van der Waals surface area contributed by atoms with Crippen LogP contribution in [0, 0.1) is 25.5 Å². The topological polar surface area (TPSA) is 12.9 Å². The fourth-order valence-corrected chi connectivity index (χ4v) is 4.23. The van der Waals surface area contributed by atoms with Crippen molar-refractivity contribution in [3.63, 3.8) is 0 Å². The van der Waals surface area contributed by atoms with Crippen molar-refractivity contribution in [2.45, 2.75) is 13.8 Å². The molecule has 1 aromatic heterocycles. The highest BCUT2D eigenvalue weighted by molar-refractivity contribution is 6.12. The quantitative estimate of drug-likeness (QED) is 0.280. The maximum atomic E-state index is 15.4. The summed E-state index contributed by atoms with van der Waals surface area (Å²) in [6.07, 6.45) is 1.78. The monoisotopic (exact) mass is 395 g/mol. The number of hydrogen-bond acceptors (Lipinski definition) is 1. The van der Waals surface area contributed by atoms with Crippen LogP contribution in [0.2, 0.25) is 0 Å². The van der Waals surface area contributed by atoms with Gasteiger partial charge in [0.05, 0.1) is 5.69 Å². The molecule has 5 aromatic rings. The van der Waals surface area contributed by atoms with E-state index in [4.69, 9.17) is 0 Å². The number of halogens is 2. The second kappa shape index (κ2) is 7.03. The van der Waals surface area contributed by atoms with Crippen molar-refractivity contribution in [2.24, 2.45) is 0 Å². The largest absolute Gasteiger partial charge is 0.256 e. The molecule has 0 aliphatic rings. The molecule has 1 nitrogen and oxygen atoms in total. The first kappa shape index (κ1) is 18.4. The van der Waals surface area contributed by atoms with E-state index in [9.17, 15) is 4.39 Å². The van der Waals surface area contributed by atoms with Crippen LogP contribution in [0.25, 0.3) is 43.9 Å². The smallest absolute Gasteiger partial charge is 0.138 e. The molecule has 0 aliphatic heterocycles. The number of nitrogens with zero attached hydrogens (tertiary/aromatic N) is 1. The van der Waals surface area contributed by atoms with Gasteiger partial charge in [-0.1, -0.05) is 53.6 Å². The van der Waals surface area contributed by atoms with Crippen LogP contribution >= 0.6 is 0 Å². The molecule has 3 heteroatoms. The van der Waals surface area contributed by atoms with Gasteiger partial charge in [0.1, 0.15) is 11.6 Å². The predicted octanol–water partition coefficient (Wildman–Crippen LogP) is 7.62. The van der Waals surface area contributed by atoms with Gasteiger partial charge >= 0.3 is 0 Å². The summed E-state index contributed by atoms with van der Waals surface area (Å²) in [7, 11) is 0. The predicted molar refractivity (Wildman–Crippen MR) is 120 cm³/mol. The van der Waals surface area contributed by atoms with Gasteiger partial charge in [0.2, 0.25) is 0 Å². The number of rotatable bonds is 2. The summed E-state index contributed by atoms with van der Waals surface area (Å²) in [6.45, 7) is 4.15. The molecule has 0 saturated carbocycles. The van der Waals surface area contributed by atoms with E-state index in [0.717, 1.165) is 27.4 Å². The van der Waals surface area contributed by atoms with E-state index in [-0.39, 0.29) is 11.6 Å². The molecule has 5 rings (SSSR count). The molecule has 0 saturated heterocycles. The van der Waals surface area contributed by atoms with Crippen LogP contribution in [-0.4, -0.2) is 4.98 Å². The summed E-state index contributed by atoms with van der Waals surface area (Å²) >= 11 is 0. The van der Waals surface area contributed by atoms with Gasteiger partial charge < -0.3 is 0 Å². The fraction of sp³-hybridized carbons (Fsp3) is 0.0741. The lowest BCUT2D eigenvalue weighted by molar-refractivity contribution is 0.627. The van der Waals surface area contributed by atoms with Crippen LogP contribution in [0.3, 0.4) is 0 Å². The van der Waals surface area contributed by atoms with Crippen LogP contribution in [-0.2, 0) is 0 Å². The molecular formula is C27H19F2N. The molecule has 0 unspecified atom stereocenters. The average Bonchev–Trinajstić information content (AvgIpc) is 2.73. The first-order chi connectivity index (χ1) is 14.5. The Balaban J connectivity index is 1.75. The molecule has 146 valence electrons. The lowest BCUT2D eigenvalue weighted by Gasteiger charge is -2.12. The van der Waals surface area contributed by atoms with E-state index < -0.39 is 0 Å². The van der Waals surface area contributed by atoms with E-state index in [1.54, 1.807) is 24.4 Å². The Bertz CT molecular complexity index is 1400. The van der Waals surface area contributed by atoms with E-state index in [1.165, 1.54) is 23.3 Å². The van der Waals surface area contributed by atoms with E-state index >= 15 is 4.39 Å². The highest BCUT2D eigenvalue weighted by Gasteiger charge is 2.14. The zero-order chi connectivity index (χ0) is 20.8. The fourth-order valence-electron chi connectivity index (χ4n) is 4.23. The molecule has 1 heterocycles. The molecule has 0 bridgehead atoms. The summed E-state index contributed by atoms with van der Waals surface area (Å²) < 4.78 is 28.7. The van der Waals surface area contributed by atoms with Crippen molar-refractivity contribution >= 4 is 21.5 Å². The standard InChI is InChI=1S/C27H19F2N/c1-16-13-17(2)15-19(14-16)27-25-10-9-24-22(23(25)11-12-30-27)8-7-21(26(24)29)18-3-5-20(28)6-4-18/h3-15H,1-2H3. The molecular weight excluding hydrogens is 376 g/mol.